The third-order valence-electron chi connectivity index (χ3n) is 6.90. The van der Waals surface area contributed by atoms with Gasteiger partial charge in [0.1, 0.15) is 22.9 Å². The molecule has 0 saturated carbocycles. The first-order valence-corrected chi connectivity index (χ1v) is 13.2. The Kier molecular flexibility index (Phi) is 6.51. The number of nitrogens with zero attached hydrogens (tertiary/aromatic N) is 7. The predicted octanol–water partition coefficient (Wildman–Crippen LogP) is 4.52. The molecule has 1 atom stereocenters. The average Bonchev–Trinajstić information content (AvgIpc) is 3.62. The van der Waals surface area contributed by atoms with E-state index >= 15 is 0 Å². The molecule has 0 unspecified atom stereocenters. The minimum Gasteiger partial charge on any atom is -0.380 e. The van der Waals surface area contributed by atoms with Gasteiger partial charge < -0.3 is 10.0 Å². The molecule has 1 saturated heterocycles. The van der Waals surface area contributed by atoms with Gasteiger partial charge in [0.2, 0.25) is 5.82 Å². The average molecular weight is 606 g/mol. The molecule has 0 radical (unpaired) electrons. The lowest BCUT2D eigenvalue weighted by Crippen LogP contribution is -2.61. The fraction of sp³-hybridized carbons (Fsp3) is 0.179. The van der Waals surface area contributed by atoms with Crippen molar-refractivity contribution in [2.75, 3.05) is 13.1 Å². The number of carbonyl (C=O) groups is 1. The van der Waals surface area contributed by atoms with Crippen molar-refractivity contribution in [1.82, 2.24) is 34.7 Å². The van der Waals surface area contributed by atoms with E-state index in [4.69, 9.17) is 0 Å². The molecule has 202 valence electrons. The van der Waals surface area contributed by atoms with E-state index in [1.807, 2.05) is 37.3 Å². The van der Waals surface area contributed by atoms with Crippen LogP contribution in [0.15, 0.2) is 83.5 Å². The van der Waals surface area contributed by atoms with E-state index in [1.165, 1.54) is 27.8 Å². The number of aromatic nitrogens is 6. The summed E-state index contributed by atoms with van der Waals surface area (Å²) in [6, 6.07) is 19.4. The van der Waals surface area contributed by atoms with E-state index < -0.39 is 17.3 Å². The molecule has 3 heterocycles. The number of rotatable bonds is 6. The zero-order valence-corrected chi connectivity index (χ0v) is 22.7. The maximum Gasteiger partial charge on any atom is 0.293 e. The van der Waals surface area contributed by atoms with Crippen LogP contribution in [-0.4, -0.2) is 58.8 Å². The lowest BCUT2D eigenvalue weighted by atomic mass is 9.91. The number of likely N-dealkylation sites (tertiary alicyclic amines) is 1. The van der Waals surface area contributed by atoms with Gasteiger partial charge in [0.25, 0.3) is 5.91 Å². The molecule has 3 aromatic carbocycles. The molecule has 40 heavy (non-hydrogen) atoms. The van der Waals surface area contributed by atoms with Gasteiger partial charge in [0.05, 0.1) is 35.5 Å². The van der Waals surface area contributed by atoms with Crippen LogP contribution in [0.4, 0.5) is 8.78 Å². The van der Waals surface area contributed by atoms with Gasteiger partial charge >= 0.3 is 0 Å². The van der Waals surface area contributed by atoms with Crippen molar-refractivity contribution in [1.29, 1.82) is 0 Å². The monoisotopic (exact) mass is 605 g/mol. The zero-order chi connectivity index (χ0) is 28.0. The molecule has 1 aliphatic heterocycles. The van der Waals surface area contributed by atoms with Crippen molar-refractivity contribution in [3.8, 4) is 17.1 Å². The Bertz CT molecular complexity index is 1700. The SMILES string of the molecule is C[C@H](c1ccc(F)c(Br)c1)n1cc(C2(O)CN(C(=O)c3nc(-c4ccccc4)n(-c4ccc(F)cc4)n3)C2)nn1. The molecule has 5 aromatic rings. The fourth-order valence-corrected chi connectivity index (χ4v) is 4.97. The second-order valence-corrected chi connectivity index (χ2v) is 10.5. The molecule has 2 aromatic heterocycles. The van der Waals surface area contributed by atoms with Gasteiger partial charge in [-0.2, -0.15) is 0 Å². The highest BCUT2D eigenvalue weighted by Gasteiger charge is 2.48. The molecule has 0 spiro atoms. The second kappa shape index (κ2) is 10.0. The molecular formula is C28H22BrF2N7O2. The summed E-state index contributed by atoms with van der Waals surface area (Å²) < 4.78 is 30.6. The molecular weight excluding hydrogens is 584 g/mol. The highest BCUT2D eigenvalue weighted by atomic mass is 79.9. The molecule has 1 amide bonds. The van der Waals surface area contributed by atoms with Crippen LogP contribution in [-0.2, 0) is 5.60 Å². The zero-order valence-electron chi connectivity index (χ0n) is 21.1. The summed E-state index contributed by atoms with van der Waals surface area (Å²) in [4.78, 5) is 19.3. The van der Waals surface area contributed by atoms with Crippen molar-refractivity contribution in [2.45, 2.75) is 18.6 Å². The van der Waals surface area contributed by atoms with Crippen molar-refractivity contribution in [2.24, 2.45) is 0 Å². The first-order chi connectivity index (χ1) is 19.2. The highest BCUT2D eigenvalue weighted by Crippen LogP contribution is 2.33. The summed E-state index contributed by atoms with van der Waals surface area (Å²) >= 11 is 3.19. The topological polar surface area (TPSA) is 102 Å². The quantitative estimate of drug-likeness (QED) is 0.305. The number of halogens is 3. The van der Waals surface area contributed by atoms with Gasteiger partial charge in [-0.25, -0.2) is 23.1 Å². The van der Waals surface area contributed by atoms with Crippen LogP contribution in [0.1, 0.15) is 34.8 Å². The van der Waals surface area contributed by atoms with Gasteiger partial charge in [-0.3, -0.25) is 4.79 Å². The van der Waals surface area contributed by atoms with E-state index in [2.05, 4.69) is 36.3 Å². The number of hydrogen-bond donors (Lipinski definition) is 1. The Hall–Kier alpha value is -4.29. The first-order valence-electron chi connectivity index (χ1n) is 12.4. The minimum atomic E-state index is -1.39. The Balaban J connectivity index is 1.21. The van der Waals surface area contributed by atoms with E-state index in [0.717, 1.165) is 11.1 Å². The minimum absolute atomic E-state index is 0.0211. The summed E-state index contributed by atoms with van der Waals surface area (Å²) in [6.07, 6.45) is 1.62. The number of aliphatic hydroxyl groups is 1. The smallest absolute Gasteiger partial charge is 0.293 e. The third kappa shape index (κ3) is 4.69. The van der Waals surface area contributed by atoms with Gasteiger partial charge in [-0.05, 0) is 64.8 Å². The Morgan fingerprint density at radius 2 is 1.77 bits per heavy atom. The molecule has 6 rings (SSSR count). The number of carbonyl (C=O) groups excluding carboxylic acids is 1. The lowest BCUT2D eigenvalue weighted by molar-refractivity contribution is -0.0896. The number of hydrogen-bond acceptors (Lipinski definition) is 6. The Morgan fingerprint density at radius 1 is 1.05 bits per heavy atom. The molecule has 0 bridgehead atoms. The van der Waals surface area contributed by atoms with E-state index in [1.54, 1.807) is 35.1 Å². The standard InChI is InChI=1S/C28H22BrF2N7O2/c1-17(19-7-12-23(31)22(29)13-19)37-14-24(33-35-37)28(40)15-36(16-28)27(39)25-32-26(18-5-3-2-4-6-18)38(34-25)21-10-8-20(30)9-11-21/h2-14,17,40H,15-16H2,1H3/t17-/m1/s1. The van der Waals surface area contributed by atoms with Crippen LogP contribution in [0.25, 0.3) is 17.1 Å². The number of benzene rings is 3. The van der Waals surface area contributed by atoms with Crippen LogP contribution in [0, 0.1) is 11.6 Å². The van der Waals surface area contributed by atoms with E-state index in [9.17, 15) is 18.7 Å². The lowest BCUT2D eigenvalue weighted by Gasteiger charge is -2.44. The summed E-state index contributed by atoms with van der Waals surface area (Å²) in [5, 5.41) is 23.9. The van der Waals surface area contributed by atoms with Crippen LogP contribution in [0.2, 0.25) is 0 Å². The Labute approximate surface area is 235 Å². The van der Waals surface area contributed by atoms with Crippen molar-refractivity contribution >= 4 is 21.8 Å². The molecule has 1 fully saturated rings. The van der Waals surface area contributed by atoms with Crippen molar-refractivity contribution in [3.63, 3.8) is 0 Å². The molecule has 1 aliphatic rings. The second-order valence-electron chi connectivity index (χ2n) is 9.64. The largest absolute Gasteiger partial charge is 0.380 e. The van der Waals surface area contributed by atoms with Crippen molar-refractivity contribution < 1.29 is 18.7 Å². The van der Waals surface area contributed by atoms with E-state index in [-0.39, 0.29) is 30.8 Å². The fourth-order valence-electron chi connectivity index (χ4n) is 4.58. The van der Waals surface area contributed by atoms with Crippen LogP contribution < -0.4 is 0 Å². The Morgan fingerprint density at radius 3 is 2.48 bits per heavy atom. The molecule has 0 aliphatic carbocycles. The van der Waals surface area contributed by atoms with Gasteiger partial charge in [0.15, 0.2) is 5.82 Å². The molecule has 12 heteroatoms. The van der Waals surface area contributed by atoms with Crippen LogP contribution in [0.5, 0.6) is 0 Å². The normalized spacial score (nSPS) is 15.1. The number of amides is 1. The number of β-amino-alcohol motifs (C(OH)–C–C–N with tert-alkyl or cyclic N) is 1. The summed E-state index contributed by atoms with van der Waals surface area (Å²) in [5.41, 5.74) is 1.01. The van der Waals surface area contributed by atoms with Crippen molar-refractivity contribution in [3.05, 3.63) is 112 Å². The first kappa shape index (κ1) is 26.0. The van der Waals surface area contributed by atoms with Gasteiger partial charge in [-0.15, -0.1) is 10.2 Å². The van der Waals surface area contributed by atoms with Crippen LogP contribution in [0.3, 0.4) is 0 Å². The molecule has 1 N–H and O–H groups in total. The van der Waals surface area contributed by atoms with Gasteiger partial charge in [0, 0.05) is 5.56 Å². The molecule has 9 nitrogen and oxygen atoms in total. The maximum absolute atomic E-state index is 13.6. The highest BCUT2D eigenvalue weighted by molar-refractivity contribution is 9.10. The summed E-state index contributed by atoms with van der Waals surface area (Å²) in [5.74, 6) is -0.838. The third-order valence-corrected chi connectivity index (χ3v) is 7.51. The summed E-state index contributed by atoms with van der Waals surface area (Å²) in [6.45, 7) is 1.84. The predicted molar refractivity (Wildman–Crippen MR) is 144 cm³/mol. The summed E-state index contributed by atoms with van der Waals surface area (Å²) in [7, 11) is 0. The van der Waals surface area contributed by atoms with E-state index in [0.29, 0.717) is 21.7 Å². The van der Waals surface area contributed by atoms with Gasteiger partial charge in [-0.1, -0.05) is 41.6 Å². The maximum atomic E-state index is 13.6. The van der Waals surface area contributed by atoms with Crippen LogP contribution >= 0.6 is 15.9 Å².